The van der Waals surface area contributed by atoms with E-state index >= 15 is 0 Å². The minimum absolute atomic E-state index is 0.249. The minimum atomic E-state index is 0.249. The first-order valence-electron chi connectivity index (χ1n) is 10.2. The first kappa shape index (κ1) is 22.9. The second-order valence-electron chi connectivity index (χ2n) is 6.78. The lowest BCUT2D eigenvalue weighted by atomic mass is 10.0. The Bertz CT molecular complexity index is 214. The van der Waals surface area contributed by atoms with Gasteiger partial charge in [0.2, 0.25) is 0 Å². The molecule has 0 bridgehead atoms. The first-order valence-corrected chi connectivity index (χ1v) is 10.2. The predicted molar refractivity (Wildman–Crippen MR) is 102 cm³/mol. The van der Waals surface area contributed by atoms with Crippen LogP contribution in [-0.2, 0) is 9.47 Å². The van der Waals surface area contributed by atoms with Gasteiger partial charge < -0.3 is 9.47 Å². The van der Waals surface area contributed by atoms with Crippen LogP contribution in [0.2, 0.25) is 0 Å². The van der Waals surface area contributed by atoms with Crippen LogP contribution in [0.4, 0.5) is 0 Å². The Morgan fingerprint density at radius 2 is 1.26 bits per heavy atom. The van der Waals surface area contributed by atoms with E-state index in [1.807, 2.05) is 0 Å². The first-order chi connectivity index (χ1) is 11.3. The molecule has 1 radical (unpaired) electrons. The molecular formula is C21H43O2. The van der Waals surface area contributed by atoms with Crippen molar-refractivity contribution in [2.24, 2.45) is 0 Å². The summed E-state index contributed by atoms with van der Waals surface area (Å²) in [7, 11) is 1.78. The zero-order valence-corrected chi connectivity index (χ0v) is 16.3. The van der Waals surface area contributed by atoms with E-state index in [1.165, 1.54) is 77.0 Å². The lowest BCUT2D eigenvalue weighted by Gasteiger charge is -2.21. The van der Waals surface area contributed by atoms with Gasteiger partial charge in [-0.25, -0.2) is 0 Å². The second kappa shape index (κ2) is 18.3. The van der Waals surface area contributed by atoms with E-state index in [1.54, 1.807) is 7.11 Å². The fraction of sp³-hybridized carbons (Fsp3) is 0.952. The third-order valence-corrected chi connectivity index (χ3v) is 4.71. The maximum absolute atomic E-state index is 5.86. The van der Waals surface area contributed by atoms with E-state index in [-0.39, 0.29) is 6.10 Å². The van der Waals surface area contributed by atoms with Crippen molar-refractivity contribution in [1.82, 2.24) is 0 Å². The number of unbranched alkanes of at least 4 members (excludes halogenated alkanes) is 10. The molecule has 23 heavy (non-hydrogen) atoms. The van der Waals surface area contributed by atoms with Crippen LogP contribution in [0.3, 0.4) is 0 Å². The molecular weight excluding hydrogens is 284 g/mol. The standard InChI is InChI=1S/C21H43O2/c1-5-8-9-10-11-12-13-14-15-16-17-18-21(23-7-3)19-20(6-2)22-4/h20-21H,2,5-19H2,1,3-4H3. The Labute approximate surface area is 146 Å². The van der Waals surface area contributed by atoms with E-state index < -0.39 is 0 Å². The fourth-order valence-corrected chi connectivity index (χ4v) is 3.17. The van der Waals surface area contributed by atoms with Crippen LogP contribution in [0.15, 0.2) is 0 Å². The lowest BCUT2D eigenvalue weighted by Crippen LogP contribution is -2.22. The smallest absolute Gasteiger partial charge is 0.0599 e. The summed E-state index contributed by atoms with van der Waals surface area (Å²) in [5.41, 5.74) is 0. The highest BCUT2D eigenvalue weighted by Gasteiger charge is 2.14. The van der Waals surface area contributed by atoms with Crippen LogP contribution in [0.1, 0.15) is 104 Å². The van der Waals surface area contributed by atoms with E-state index in [9.17, 15) is 0 Å². The van der Waals surface area contributed by atoms with Crippen LogP contribution in [0.25, 0.3) is 0 Å². The van der Waals surface area contributed by atoms with Gasteiger partial charge in [0.25, 0.3) is 0 Å². The summed E-state index contributed by atoms with van der Waals surface area (Å²) < 4.78 is 11.3. The van der Waals surface area contributed by atoms with Gasteiger partial charge in [0.1, 0.15) is 0 Å². The molecule has 0 heterocycles. The molecule has 0 fully saturated rings. The van der Waals surface area contributed by atoms with Gasteiger partial charge >= 0.3 is 0 Å². The average Bonchev–Trinajstić information content (AvgIpc) is 2.57. The third kappa shape index (κ3) is 15.2. The highest BCUT2D eigenvalue weighted by molar-refractivity contribution is 4.68. The van der Waals surface area contributed by atoms with Crippen LogP contribution in [0.5, 0.6) is 0 Å². The summed E-state index contributed by atoms with van der Waals surface area (Å²) in [5.74, 6) is 0. The largest absolute Gasteiger partial charge is 0.381 e. The lowest BCUT2D eigenvalue weighted by molar-refractivity contribution is -0.0000550. The molecule has 2 atom stereocenters. The van der Waals surface area contributed by atoms with Crippen LogP contribution in [0, 0.1) is 6.92 Å². The summed E-state index contributed by atoms with van der Waals surface area (Å²) >= 11 is 0. The zero-order valence-electron chi connectivity index (χ0n) is 16.3. The van der Waals surface area contributed by atoms with Crippen molar-refractivity contribution in [3.8, 4) is 0 Å². The van der Waals surface area contributed by atoms with Gasteiger partial charge in [-0.3, -0.25) is 0 Å². The normalized spacial score (nSPS) is 14.1. The van der Waals surface area contributed by atoms with Crippen LogP contribution < -0.4 is 0 Å². The number of hydrogen-bond donors (Lipinski definition) is 0. The molecule has 0 N–H and O–H groups in total. The summed E-state index contributed by atoms with van der Waals surface area (Å²) in [6.07, 6.45) is 19.0. The Balaban J connectivity index is 3.48. The quantitative estimate of drug-likeness (QED) is 0.260. The van der Waals surface area contributed by atoms with E-state index in [0.717, 1.165) is 19.4 Å². The van der Waals surface area contributed by atoms with E-state index in [4.69, 9.17) is 9.47 Å². The summed E-state index contributed by atoms with van der Waals surface area (Å²) in [4.78, 5) is 0. The van der Waals surface area contributed by atoms with Crippen molar-refractivity contribution in [2.75, 3.05) is 13.7 Å². The molecule has 0 saturated heterocycles. The molecule has 0 aliphatic heterocycles. The number of methoxy groups -OCH3 is 1. The number of rotatable bonds is 18. The van der Waals surface area contributed by atoms with E-state index in [2.05, 4.69) is 20.8 Å². The van der Waals surface area contributed by atoms with Crippen LogP contribution >= 0.6 is 0 Å². The van der Waals surface area contributed by atoms with Gasteiger partial charge in [0.05, 0.1) is 12.2 Å². The maximum Gasteiger partial charge on any atom is 0.0599 e. The van der Waals surface area contributed by atoms with Gasteiger partial charge in [-0.05, 0) is 26.2 Å². The van der Waals surface area contributed by atoms with Crippen molar-refractivity contribution in [3.63, 3.8) is 0 Å². The molecule has 139 valence electrons. The molecule has 2 unspecified atom stereocenters. The van der Waals surface area contributed by atoms with Crippen molar-refractivity contribution >= 4 is 0 Å². The Morgan fingerprint density at radius 1 is 0.739 bits per heavy atom. The Morgan fingerprint density at radius 3 is 1.70 bits per heavy atom. The Kier molecular flexibility index (Phi) is 18.2. The zero-order chi connectivity index (χ0) is 17.2. The van der Waals surface area contributed by atoms with Gasteiger partial charge in [-0.15, -0.1) is 0 Å². The predicted octanol–water partition coefficient (Wildman–Crippen LogP) is 6.72. The van der Waals surface area contributed by atoms with Crippen molar-refractivity contribution < 1.29 is 9.47 Å². The molecule has 0 aromatic rings. The molecule has 2 nitrogen and oxygen atoms in total. The molecule has 0 amide bonds. The van der Waals surface area contributed by atoms with Crippen molar-refractivity contribution in [2.45, 2.75) is 116 Å². The summed E-state index contributed by atoms with van der Waals surface area (Å²) in [5, 5.41) is 0. The minimum Gasteiger partial charge on any atom is -0.381 e. The number of ether oxygens (including phenoxy) is 2. The summed E-state index contributed by atoms with van der Waals surface area (Å²) in [6, 6.07) is 0. The third-order valence-electron chi connectivity index (χ3n) is 4.71. The van der Waals surface area contributed by atoms with Gasteiger partial charge in [-0.1, -0.05) is 84.5 Å². The van der Waals surface area contributed by atoms with Crippen molar-refractivity contribution in [3.05, 3.63) is 6.92 Å². The molecule has 0 aromatic heterocycles. The van der Waals surface area contributed by atoms with E-state index in [0.29, 0.717) is 6.10 Å². The van der Waals surface area contributed by atoms with Gasteiger partial charge in [-0.2, -0.15) is 0 Å². The van der Waals surface area contributed by atoms with Crippen LogP contribution in [-0.4, -0.2) is 25.9 Å². The van der Waals surface area contributed by atoms with Gasteiger partial charge in [0.15, 0.2) is 0 Å². The summed E-state index contributed by atoms with van der Waals surface area (Å²) in [6.45, 7) is 9.12. The topological polar surface area (TPSA) is 18.5 Å². The SMILES string of the molecule is [CH2]CC(CC(CCCCCCCCCCCCC)OCC)OC. The number of hydrogen-bond acceptors (Lipinski definition) is 2. The molecule has 0 aliphatic carbocycles. The molecule has 0 aliphatic rings. The molecule has 0 spiro atoms. The molecule has 0 rings (SSSR count). The molecule has 0 aromatic carbocycles. The molecule has 2 heteroatoms. The monoisotopic (exact) mass is 327 g/mol. The van der Waals surface area contributed by atoms with Gasteiger partial charge in [0, 0.05) is 13.7 Å². The highest BCUT2D eigenvalue weighted by atomic mass is 16.5. The second-order valence-corrected chi connectivity index (χ2v) is 6.78. The van der Waals surface area contributed by atoms with Crippen molar-refractivity contribution in [1.29, 1.82) is 0 Å². The maximum atomic E-state index is 5.86. The molecule has 0 saturated carbocycles. The fourth-order valence-electron chi connectivity index (χ4n) is 3.17. The Hall–Kier alpha value is -0.0800. The highest BCUT2D eigenvalue weighted by Crippen LogP contribution is 2.17. The average molecular weight is 328 g/mol.